The molecule has 92 valence electrons. The molecule has 0 radical (unpaired) electrons. The molecule has 0 unspecified atom stereocenters. The quantitative estimate of drug-likeness (QED) is 0.882. The molecule has 0 aliphatic heterocycles. The van der Waals surface area contributed by atoms with Gasteiger partial charge in [0.25, 0.3) is 5.91 Å². The Balaban J connectivity index is 2.22. The molecule has 1 aromatic heterocycles. The molecule has 1 aromatic carbocycles. The van der Waals surface area contributed by atoms with Crippen LogP contribution in [0.3, 0.4) is 0 Å². The number of halogens is 1. The van der Waals surface area contributed by atoms with E-state index in [-0.39, 0.29) is 5.56 Å². The first kappa shape index (κ1) is 12.2. The van der Waals surface area contributed by atoms with Crippen LogP contribution in [0.15, 0.2) is 36.7 Å². The highest BCUT2D eigenvalue weighted by Crippen LogP contribution is 2.13. The van der Waals surface area contributed by atoms with E-state index >= 15 is 0 Å². The molecule has 18 heavy (non-hydrogen) atoms. The summed E-state index contributed by atoms with van der Waals surface area (Å²) in [7, 11) is 0. The fourth-order valence-electron chi connectivity index (χ4n) is 1.63. The second kappa shape index (κ2) is 4.96. The van der Waals surface area contributed by atoms with Crippen LogP contribution in [-0.2, 0) is 0 Å². The molecule has 0 atom stereocenters. The van der Waals surface area contributed by atoms with Crippen LogP contribution in [0.25, 0.3) is 0 Å². The van der Waals surface area contributed by atoms with Gasteiger partial charge in [-0.25, -0.2) is 4.39 Å². The Kier molecular flexibility index (Phi) is 3.37. The molecule has 1 N–H and O–H groups in total. The van der Waals surface area contributed by atoms with E-state index in [1.54, 1.807) is 25.3 Å². The minimum absolute atomic E-state index is 0.0297. The van der Waals surface area contributed by atoms with E-state index in [0.717, 1.165) is 11.1 Å². The number of amides is 1. The number of carbonyl (C=O) groups is 1. The molecule has 0 fully saturated rings. The topological polar surface area (TPSA) is 42.0 Å². The molecule has 0 aliphatic rings. The number of nitrogens with zero attached hydrogens (tertiary/aromatic N) is 1. The summed E-state index contributed by atoms with van der Waals surface area (Å²) >= 11 is 0. The van der Waals surface area contributed by atoms with Gasteiger partial charge in [-0.05, 0) is 43.2 Å². The molecule has 3 nitrogen and oxygen atoms in total. The summed E-state index contributed by atoms with van der Waals surface area (Å²) in [4.78, 5) is 15.8. The predicted molar refractivity (Wildman–Crippen MR) is 68.1 cm³/mol. The molecule has 0 aliphatic carbocycles. The second-order valence-corrected chi connectivity index (χ2v) is 4.19. The van der Waals surface area contributed by atoms with Gasteiger partial charge in [0.05, 0.1) is 17.4 Å². The number of benzene rings is 1. The Morgan fingerprint density at radius 3 is 2.61 bits per heavy atom. The van der Waals surface area contributed by atoms with Crippen LogP contribution in [0.1, 0.15) is 21.5 Å². The third-order valence-corrected chi connectivity index (χ3v) is 2.50. The number of pyridine rings is 1. The fourth-order valence-corrected chi connectivity index (χ4v) is 1.63. The van der Waals surface area contributed by atoms with Crippen molar-refractivity contribution in [3.8, 4) is 0 Å². The maximum atomic E-state index is 13.6. The van der Waals surface area contributed by atoms with Crippen molar-refractivity contribution in [2.24, 2.45) is 0 Å². The van der Waals surface area contributed by atoms with E-state index < -0.39 is 11.7 Å². The first-order valence-electron chi connectivity index (χ1n) is 5.55. The Morgan fingerprint density at radius 2 is 1.94 bits per heavy atom. The standard InChI is InChI=1S/C14H13FN2O/c1-9-3-4-12(13(15)6-9)14(18)17-11-5-10(2)7-16-8-11/h3-8H,1-2H3,(H,17,18). The molecule has 1 amide bonds. The van der Waals surface area contributed by atoms with Crippen LogP contribution >= 0.6 is 0 Å². The monoisotopic (exact) mass is 244 g/mol. The van der Waals surface area contributed by atoms with Crippen molar-refractivity contribution >= 4 is 11.6 Å². The minimum Gasteiger partial charge on any atom is -0.320 e. The second-order valence-electron chi connectivity index (χ2n) is 4.19. The Bertz CT molecular complexity index is 596. The Hall–Kier alpha value is -2.23. The number of nitrogens with one attached hydrogen (secondary N) is 1. The van der Waals surface area contributed by atoms with Crippen molar-refractivity contribution in [1.82, 2.24) is 4.98 Å². The van der Waals surface area contributed by atoms with Crippen molar-refractivity contribution in [2.75, 3.05) is 5.32 Å². The van der Waals surface area contributed by atoms with Gasteiger partial charge in [0, 0.05) is 6.20 Å². The summed E-state index contributed by atoms with van der Waals surface area (Å²) in [6.45, 7) is 3.64. The molecule has 1 heterocycles. The Morgan fingerprint density at radius 1 is 1.17 bits per heavy atom. The van der Waals surface area contributed by atoms with Gasteiger partial charge in [-0.2, -0.15) is 0 Å². The van der Waals surface area contributed by atoms with Gasteiger partial charge in [-0.15, -0.1) is 0 Å². The van der Waals surface area contributed by atoms with Gasteiger partial charge in [0.15, 0.2) is 0 Å². The van der Waals surface area contributed by atoms with E-state index in [1.807, 2.05) is 6.92 Å². The molecule has 2 aromatic rings. The van der Waals surface area contributed by atoms with Crippen LogP contribution in [0.5, 0.6) is 0 Å². The molecule has 0 bridgehead atoms. The average molecular weight is 244 g/mol. The van der Waals surface area contributed by atoms with Crippen LogP contribution in [0, 0.1) is 19.7 Å². The molecular formula is C14H13FN2O. The van der Waals surface area contributed by atoms with Crippen LogP contribution in [-0.4, -0.2) is 10.9 Å². The zero-order chi connectivity index (χ0) is 13.1. The lowest BCUT2D eigenvalue weighted by Gasteiger charge is -2.06. The maximum Gasteiger partial charge on any atom is 0.258 e. The van der Waals surface area contributed by atoms with Gasteiger partial charge in [0.2, 0.25) is 0 Å². The molecule has 0 saturated heterocycles. The third-order valence-electron chi connectivity index (χ3n) is 2.50. The smallest absolute Gasteiger partial charge is 0.258 e. The lowest BCUT2D eigenvalue weighted by molar-refractivity contribution is 0.102. The number of hydrogen-bond acceptors (Lipinski definition) is 2. The Labute approximate surface area is 105 Å². The van der Waals surface area contributed by atoms with E-state index in [0.29, 0.717) is 5.69 Å². The van der Waals surface area contributed by atoms with Gasteiger partial charge in [0.1, 0.15) is 5.82 Å². The molecular weight excluding hydrogens is 231 g/mol. The summed E-state index contributed by atoms with van der Waals surface area (Å²) < 4.78 is 13.6. The van der Waals surface area contributed by atoms with E-state index in [1.165, 1.54) is 18.3 Å². The summed E-state index contributed by atoms with van der Waals surface area (Å²) in [5.41, 5.74) is 2.29. The molecule has 0 spiro atoms. The number of aromatic nitrogens is 1. The first-order valence-corrected chi connectivity index (χ1v) is 5.55. The fraction of sp³-hybridized carbons (Fsp3) is 0.143. The number of aryl methyl sites for hydroxylation is 2. The van der Waals surface area contributed by atoms with Gasteiger partial charge < -0.3 is 5.32 Å². The van der Waals surface area contributed by atoms with Crippen molar-refractivity contribution in [2.45, 2.75) is 13.8 Å². The van der Waals surface area contributed by atoms with Crippen LogP contribution in [0.4, 0.5) is 10.1 Å². The predicted octanol–water partition coefficient (Wildman–Crippen LogP) is 3.09. The van der Waals surface area contributed by atoms with E-state index in [4.69, 9.17) is 0 Å². The zero-order valence-corrected chi connectivity index (χ0v) is 10.2. The van der Waals surface area contributed by atoms with Crippen molar-refractivity contribution in [3.05, 3.63) is 59.2 Å². The van der Waals surface area contributed by atoms with Gasteiger partial charge in [-0.3, -0.25) is 9.78 Å². The van der Waals surface area contributed by atoms with Crippen molar-refractivity contribution in [1.29, 1.82) is 0 Å². The molecule has 2 rings (SSSR count). The van der Waals surface area contributed by atoms with Crippen molar-refractivity contribution < 1.29 is 9.18 Å². The largest absolute Gasteiger partial charge is 0.320 e. The number of rotatable bonds is 2. The van der Waals surface area contributed by atoms with E-state index in [9.17, 15) is 9.18 Å². The van der Waals surface area contributed by atoms with Crippen molar-refractivity contribution in [3.63, 3.8) is 0 Å². The van der Waals surface area contributed by atoms with Gasteiger partial charge in [-0.1, -0.05) is 6.07 Å². The summed E-state index contributed by atoms with van der Waals surface area (Å²) in [5, 5.41) is 2.62. The minimum atomic E-state index is -0.520. The highest BCUT2D eigenvalue weighted by atomic mass is 19.1. The molecule has 0 saturated carbocycles. The number of anilines is 1. The van der Waals surface area contributed by atoms with E-state index in [2.05, 4.69) is 10.3 Å². The van der Waals surface area contributed by atoms with Crippen LogP contribution in [0.2, 0.25) is 0 Å². The lowest BCUT2D eigenvalue weighted by atomic mass is 10.1. The number of carbonyl (C=O) groups excluding carboxylic acids is 1. The lowest BCUT2D eigenvalue weighted by Crippen LogP contribution is -2.14. The highest BCUT2D eigenvalue weighted by molar-refractivity contribution is 6.04. The van der Waals surface area contributed by atoms with Gasteiger partial charge >= 0.3 is 0 Å². The SMILES string of the molecule is Cc1cncc(NC(=O)c2ccc(C)cc2F)c1. The normalized spacial score (nSPS) is 10.2. The maximum absolute atomic E-state index is 13.6. The highest BCUT2D eigenvalue weighted by Gasteiger charge is 2.11. The third kappa shape index (κ3) is 2.71. The average Bonchev–Trinajstić information content (AvgIpc) is 2.28. The van der Waals surface area contributed by atoms with Crippen LogP contribution < -0.4 is 5.32 Å². The number of hydrogen-bond donors (Lipinski definition) is 1. The summed E-state index contributed by atoms with van der Waals surface area (Å²) in [6, 6.07) is 6.29. The summed E-state index contributed by atoms with van der Waals surface area (Å²) in [5.74, 6) is -0.993. The molecule has 4 heteroatoms. The zero-order valence-electron chi connectivity index (χ0n) is 10.2. The first-order chi connectivity index (χ1) is 8.56. The summed E-state index contributed by atoms with van der Waals surface area (Å²) in [6.07, 6.45) is 3.21.